The Kier molecular flexibility index (Phi) is 2.80. The summed E-state index contributed by atoms with van der Waals surface area (Å²) in [5, 5.41) is 8.94. The topological polar surface area (TPSA) is 31.9 Å². The van der Waals surface area contributed by atoms with E-state index in [2.05, 4.69) is 39.4 Å². The lowest BCUT2D eigenvalue weighted by Gasteiger charge is -2.45. The highest BCUT2D eigenvalue weighted by Crippen LogP contribution is 2.35. The van der Waals surface area contributed by atoms with Crippen LogP contribution in [0.2, 0.25) is 0 Å². The van der Waals surface area contributed by atoms with Gasteiger partial charge in [0, 0.05) is 17.6 Å². The van der Waals surface area contributed by atoms with E-state index in [0.717, 1.165) is 23.8 Å². The Morgan fingerprint density at radius 2 is 2.05 bits per heavy atom. The van der Waals surface area contributed by atoms with Crippen LogP contribution in [0, 0.1) is 11.8 Å². The van der Waals surface area contributed by atoms with Crippen LogP contribution in [0.25, 0.3) is 10.9 Å². The molecule has 3 aliphatic rings. The van der Waals surface area contributed by atoms with Crippen molar-refractivity contribution in [3.63, 3.8) is 0 Å². The normalized spacial score (nSPS) is 30.0. The Balaban J connectivity index is 1.47. The third kappa shape index (κ3) is 2.06. The van der Waals surface area contributed by atoms with Gasteiger partial charge in [0.25, 0.3) is 0 Å². The number of para-hydroxylation sites is 1. The number of hydrogen-bond donors (Lipinski definition) is 1. The molecule has 1 atom stereocenters. The molecule has 3 nitrogen and oxygen atoms in total. The van der Waals surface area contributed by atoms with Crippen molar-refractivity contribution < 1.29 is 0 Å². The first-order valence-electron chi connectivity index (χ1n) is 7.54. The highest BCUT2D eigenvalue weighted by molar-refractivity contribution is 5.81. The molecule has 100 valence electrons. The smallest absolute Gasteiger partial charge is 0.0923 e. The van der Waals surface area contributed by atoms with Gasteiger partial charge in [0.1, 0.15) is 0 Å². The lowest BCUT2D eigenvalue weighted by Crippen LogP contribution is -2.47. The summed E-state index contributed by atoms with van der Waals surface area (Å²) in [6.07, 6.45) is 5.31. The van der Waals surface area contributed by atoms with Crippen LogP contribution in [0.15, 0.2) is 24.3 Å². The summed E-state index contributed by atoms with van der Waals surface area (Å²) in [7, 11) is 0. The number of aromatic amines is 1. The van der Waals surface area contributed by atoms with Gasteiger partial charge in [0.15, 0.2) is 0 Å². The van der Waals surface area contributed by atoms with Crippen molar-refractivity contribution in [3.8, 4) is 0 Å². The van der Waals surface area contributed by atoms with Gasteiger partial charge in [0.05, 0.1) is 5.52 Å². The molecule has 2 aromatic rings. The molecule has 19 heavy (non-hydrogen) atoms. The monoisotopic (exact) mass is 255 g/mol. The van der Waals surface area contributed by atoms with E-state index in [0.29, 0.717) is 0 Å². The van der Waals surface area contributed by atoms with Gasteiger partial charge in [0.2, 0.25) is 0 Å². The lowest BCUT2D eigenvalue weighted by atomic mass is 9.77. The van der Waals surface area contributed by atoms with Crippen molar-refractivity contribution in [3.05, 3.63) is 30.0 Å². The number of hydrogen-bond acceptors (Lipinski definition) is 2. The van der Waals surface area contributed by atoms with Gasteiger partial charge < -0.3 is 4.90 Å². The van der Waals surface area contributed by atoms with E-state index >= 15 is 0 Å². The lowest BCUT2D eigenvalue weighted by molar-refractivity contribution is 0.0468. The SMILES string of the molecule is c1ccc2c(CC[C@H]3CN4CCC3CC4)[nH]nc2c1. The largest absolute Gasteiger partial charge is 0.303 e. The zero-order valence-electron chi connectivity index (χ0n) is 11.3. The molecule has 1 aromatic carbocycles. The highest BCUT2D eigenvalue weighted by Gasteiger charge is 2.33. The molecule has 0 amide bonds. The summed E-state index contributed by atoms with van der Waals surface area (Å²) in [4.78, 5) is 2.65. The third-order valence-electron chi connectivity index (χ3n) is 5.10. The Morgan fingerprint density at radius 1 is 1.21 bits per heavy atom. The molecule has 1 N–H and O–H groups in total. The molecule has 0 radical (unpaired) electrons. The van der Waals surface area contributed by atoms with Crippen LogP contribution in [0.5, 0.6) is 0 Å². The van der Waals surface area contributed by atoms with E-state index in [1.54, 1.807) is 0 Å². The number of aromatic nitrogens is 2. The molecule has 5 rings (SSSR count). The maximum Gasteiger partial charge on any atom is 0.0923 e. The van der Waals surface area contributed by atoms with Crippen LogP contribution in [0.3, 0.4) is 0 Å². The fourth-order valence-electron chi connectivity index (χ4n) is 3.95. The number of nitrogens with one attached hydrogen (secondary N) is 1. The molecule has 2 bridgehead atoms. The summed E-state index contributed by atoms with van der Waals surface area (Å²) in [6, 6.07) is 8.43. The predicted octanol–water partition coefficient (Wildman–Crippen LogP) is 2.84. The second kappa shape index (κ2) is 4.64. The molecule has 3 aliphatic heterocycles. The number of nitrogens with zero attached hydrogens (tertiary/aromatic N) is 2. The van der Waals surface area contributed by atoms with Crippen molar-refractivity contribution in [1.82, 2.24) is 15.1 Å². The number of piperidine rings is 3. The third-order valence-corrected chi connectivity index (χ3v) is 5.10. The summed E-state index contributed by atoms with van der Waals surface area (Å²) >= 11 is 0. The molecule has 0 saturated carbocycles. The second-order valence-electron chi connectivity index (χ2n) is 6.16. The highest BCUT2D eigenvalue weighted by atomic mass is 15.1. The Hall–Kier alpha value is -1.35. The van der Waals surface area contributed by atoms with Crippen molar-refractivity contribution in [2.24, 2.45) is 11.8 Å². The molecule has 3 saturated heterocycles. The van der Waals surface area contributed by atoms with E-state index in [1.165, 1.54) is 50.0 Å². The average molecular weight is 255 g/mol. The van der Waals surface area contributed by atoms with Crippen LogP contribution >= 0.6 is 0 Å². The van der Waals surface area contributed by atoms with E-state index in [4.69, 9.17) is 0 Å². The van der Waals surface area contributed by atoms with Crippen LogP contribution in [-0.2, 0) is 6.42 Å². The zero-order chi connectivity index (χ0) is 12.7. The Morgan fingerprint density at radius 3 is 2.84 bits per heavy atom. The van der Waals surface area contributed by atoms with Gasteiger partial charge in [-0.1, -0.05) is 18.2 Å². The number of H-pyrrole nitrogens is 1. The number of benzene rings is 1. The molecule has 0 aliphatic carbocycles. The van der Waals surface area contributed by atoms with Crippen LogP contribution < -0.4 is 0 Å². The minimum Gasteiger partial charge on any atom is -0.303 e. The van der Waals surface area contributed by atoms with E-state index in [1.807, 2.05) is 0 Å². The maximum atomic E-state index is 4.39. The maximum absolute atomic E-state index is 4.39. The van der Waals surface area contributed by atoms with Crippen molar-refractivity contribution in [2.75, 3.05) is 19.6 Å². The molecule has 0 spiro atoms. The van der Waals surface area contributed by atoms with Gasteiger partial charge in [-0.15, -0.1) is 0 Å². The first kappa shape index (κ1) is 11.5. The standard InChI is InChI=1S/C16H21N3/c1-2-4-15-14(3-1)16(18-17-15)6-5-13-11-19-9-7-12(13)8-10-19/h1-4,12-13H,5-11H2,(H,17,18)/t13-/m0/s1. The minimum absolute atomic E-state index is 0.907. The van der Waals surface area contributed by atoms with Crippen LogP contribution in [0.4, 0.5) is 0 Å². The first-order valence-corrected chi connectivity index (χ1v) is 7.54. The molecular formula is C16H21N3. The Bertz CT molecular complexity index is 566. The van der Waals surface area contributed by atoms with Gasteiger partial charge in [-0.2, -0.15) is 5.10 Å². The van der Waals surface area contributed by atoms with Crippen LogP contribution in [-0.4, -0.2) is 34.7 Å². The van der Waals surface area contributed by atoms with Crippen molar-refractivity contribution in [2.45, 2.75) is 25.7 Å². The average Bonchev–Trinajstić information content (AvgIpc) is 2.90. The molecule has 0 unspecified atom stereocenters. The molecule has 3 heteroatoms. The van der Waals surface area contributed by atoms with Gasteiger partial charge >= 0.3 is 0 Å². The summed E-state index contributed by atoms with van der Waals surface area (Å²) in [6.45, 7) is 4.01. The molecule has 4 heterocycles. The van der Waals surface area contributed by atoms with E-state index in [-0.39, 0.29) is 0 Å². The fraction of sp³-hybridized carbons (Fsp3) is 0.562. The van der Waals surface area contributed by atoms with Crippen molar-refractivity contribution in [1.29, 1.82) is 0 Å². The fourth-order valence-corrected chi connectivity index (χ4v) is 3.95. The number of aryl methyl sites for hydroxylation is 1. The Labute approximate surface area is 114 Å². The summed E-state index contributed by atoms with van der Waals surface area (Å²) in [5.74, 6) is 1.89. The van der Waals surface area contributed by atoms with E-state index < -0.39 is 0 Å². The quantitative estimate of drug-likeness (QED) is 0.914. The van der Waals surface area contributed by atoms with Gasteiger partial charge in [-0.3, -0.25) is 5.10 Å². The molecular weight excluding hydrogens is 234 g/mol. The van der Waals surface area contributed by atoms with Crippen LogP contribution in [0.1, 0.15) is 25.0 Å². The van der Waals surface area contributed by atoms with Gasteiger partial charge in [-0.05, 0) is 56.7 Å². The molecule has 1 aromatic heterocycles. The van der Waals surface area contributed by atoms with Crippen molar-refractivity contribution >= 4 is 10.9 Å². The number of fused-ring (bicyclic) bond motifs is 4. The number of rotatable bonds is 3. The second-order valence-corrected chi connectivity index (χ2v) is 6.16. The first-order chi connectivity index (χ1) is 9.40. The minimum atomic E-state index is 0.907. The molecule has 3 fully saturated rings. The summed E-state index contributed by atoms with van der Waals surface area (Å²) in [5.41, 5.74) is 2.43. The van der Waals surface area contributed by atoms with Gasteiger partial charge in [-0.25, -0.2) is 0 Å². The zero-order valence-corrected chi connectivity index (χ0v) is 11.3. The summed E-state index contributed by atoms with van der Waals surface area (Å²) < 4.78 is 0. The predicted molar refractivity (Wildman–Crippen MR) is 77.1 cm³/mol. The van der Waals surface area contributed by atoms with E-state index in [9.17, 15) is 0 Å².